The minimum Gasteiger partial charge on any atom is -0.493 e. The van der Waals surface area contributed by atoms with Crippen LogP contribution in [0.15, 0.2) is 18.2 Å². The van der Waals surface area contributed by atoms with Crippen molar-refractivity contribution in [2.45, 2.75) is 45.7 Å². The first-order valence-electron chi connectivity index (χ1n) is 8.28. The fourth-order valence-electron chi connectivity index (χ4n) is 2.86. The Balaban J connectivity index is 2.02. The highest BCUT2D eigenvalue weighted by molar-refractivity contribution is 5.73. The Bertz CT molecular complexity index is 530. The molecule has 0 aliphatic carbocycles. The highest BCUT2D eigenvalue weighted by atomic mass is 16.5. The van der Waals surface area contributed by atoms with Crippen LogP contribution >= 0.6 is 0 Å². The second-order valence-corrected chi connectivity index (χ2v) is 6.48. The van der Waals surface area contributed by atoms with E-state index in [1.54, 1.807) is 7.11 Å². The van der Waals surface area contributed by atoms with Gasteiger partial charge in [-0.15, -0.1) is 0 Å². The van der Waals surface area contributed by atoms with E-state index in [1.807, 2.05) is 23.1 Å². The number of nitrogens with zero attached hydrogens (tertiary/aromatic N) is 1. The average Bonchev–Trinajstić information content (AvgIpc) is 2.96. The van der Waals surface area contributed by atoms with Gasteiger partial charge in [-0.05, 0) is 49.4 Å². The zero-order valence-corrected chi connectivity index (χ0v) is 14.2. The van der Waals surface area contributed by atoms with Crippen LogP contribution in [0.5, 0.6) is 11.5 Å². The largest absolute Gasteiger partial charge is 0.493 e. The van der Waals surface area contributed by atoms with Gasteiger partial charge in [-0.3, -0.25) is 9.69 Å². The summed E-state index contributed by atoms with van der Waals surface area (Å²) in [6, 6.07) is 5.48. The smallest absolute Gasteiger partial charge is 0.320 e. The van der Waals surface area contributed by atoms with Crippen LogP contribution in [-0.2, 0) is 11.3 Å². The summed E-state index contributed by atoms with van der Waals surface area (Å²) in [4.78, 5) is 13.3. The number of rotatable bonds is 8. The highest BCUT2D eigenvalue weighted by Crippen LogP contribution is 2.30. The summed E-state index contributed by atoms with van der Waals surface area (Å²) >= 11 is 0. The van der Waals surface area contributed by atoms with Crippen LogP contribution in [0.4, 0.5) is 0 Å². The quantitative estimate of drug-likeness (QED) is 0.797. The van der Waals surface area contributed by atoms with Gasteiger partial charge in [0.2, 0.25) is 0 Å². The minimum atomic E-state index is -0.733. The third-order valence-electron chi connectivity index (χ3n) is 4.22. The molecule has 1 fully saturated rings. The highest BCUT2D eigenvalue weighted by Gasteiger charge is 2.30. The lowest BCUT2D eigenvalue weighted by Gasteiger charge is -2.21. The van der Waals surface area contributed by atoms with E-state index in [9.17, 15) is 9.90 Å². The van der Waals surface area contributed by atoms with Crippen molar-refractivity contribution < 1.29 is 19.4 Å². The predicted octanol–water partition coefficient (Wildman–Crippen LogP) is 3.17. The summed E-state index contributed by atoms with van der Waals surface area (Å²) < 4.78 is 11.2. The first kappa shape index (κ1) is 17.6. The molecule has 0 spiro atoms. The molecule has 5 heteroatoms. The maximum Gasteiger partial charge on any atom is 0.320 e. The van der Waals surface area contributed by atoms with E-state index in [1.165, 1.54) is 0 Å². The third kappa shape index (κ3) is 4.86. The fraction of sp³-hybridized carbons (Fsp3) is 0.611. The van der Waals surface area contributed by atoms with Gasteiger partial charge in [0.25, 0.3) is 0 Å². The summed E-state index contributed by atoms with van der Waals surface area (Å²) in [6.45, 7) is 6.45. The van der Waals surface area contributed by atoms with Gasteiger partial charge in [-0.1, -0.05) is 19.9 Å². The molecule has 128 valence electrons. The van der Waals surface area contributed by atoms with Gasteiger partial charge in [0.1, 0.15) is 6.04 Å². The molecule has 23 heavy (non-hydrogen) atoms. The van der Waals surface area contributed by atoms with Crippen molar-refractivity contribution >= 4 is 5.97 Å². The van der Waals surface area contributed by atoms with Crippen molar-refractivity contribution in [3.63, 3.8) is 0 Å². The van der Waals surface area contributed by atoms with E-state index in [0.717, 1.165) is 37.1 Å². The lowest BCUT2D eigenvalue weighted by molar-refractivity contribution is -0.142. The number of hydrogen-bond donors (Lipinski definition) is 1. The van der Waals surface area contributed by atoms with E-state index in [2.05, 4.69) is 13.8 Å². The SMILES string of the molecule is COc1cc(CN2CCCC2C(=O)O)ccc1OCCC(C)C. The number of carbonyl (C=O) groups is 1. The zero-order chi connectivity index (χ0) is 16.8. The molecular weight excluding hydrogens is 294 g/mol. The number of carboxylic acid groups (broad SMARTS) is 1. The Morgan fingerprint density at radius 1 is 1.39 bits per heavy atom. The standard InChI is InChI=1S/C18H27NO4/c1-13(2)8-10-23-16-7-6-14(11-17(16)22-3)12-19-9-4-5-15(19)18(20)21/h6-7,11,13,15H,4-5,8-10,12H2,1-3H3,(H,20,21). The molecular formula is C18H27NO4. The van der Waals surface area contributed by atoms with Crippen LogP contribution in [0, 0.1) is 5.92 Å². The maximum atomic E-state index is 11.3. The number of methoxy groups -OCH3 is 1. The molecule has 1 N–H and O–H groups in total. The molecule has 1 aliphatic heterocycles. The summed E-state index contributed by atoms with van der Waals surface area (Å²) in [5.74, 6) is 1.32. The van der Waals surface area contributed by atoms with Crippen molar-refractivity contribution in [1.82, 2.24) is 4.90 Å². The van der Waals surface area contributed by atoms with Crippen LogP contribution in [-0.4, -0.2) is 42.3 Å². The molecule has 1 atom stereocenters. The van der Waals surface area contributed by atoms with Crippen LogP contribution in [0.2, 0.25) is 0 Å². The number of carboxylic acids is 1. The first-order chi connectivity index (χ1) is 11.0. The summed E-state index contributed by atoms with van der Waals surface area (Å²) in [5, 5.41) is 9.26. The second-order valence-electron chi connectivity index (χ2n) is 6.48. The third-order valence-corrected chi connectivity index (χ3v) is 4.22. The average molecular weight is 321 g/mol. The second kappa shape index (κ2) is 8.20. The number of aliphatic carboxylic acids is 1. The monoisotopic (exact) mass is 321 g/mol. The molecule has 5 nitrogen and oxygen atoms in total. The molecule has 0 aromatic heterocycles. The molecule has 1 aliphatic rings. The van der Waals surface area contributed by atoms with Gasteiger partial charge in [-0.25, -0.2) is 0 Å². The molecule has 1 aromatic carbocycles. The van der Waals surface area contributed by atoms with Crippen molar-refractivity contribution in [3.8, 4) is 11.5 Å². The Labute approximate surface area is 138 Å². The number of likely N-dealkylation sites (tertiary alicyclic amines) is 1. The molecule has 0 saturated carbocycles. The Morgan fingerprint density at radius 2 is 2.17 bits per heavy atom. The van der Waals surface area contributed by atoms with Gasteiger partial charge < -0.3 is 14.6 Å². The van der Waals surface area contributed by atoms with Crippen molar-refractivity contribution in [2.75, 3.05) is 20.3 Å². The van der Waals surface area contributed by atoms with E-state index >= 15 is 0 Å². The molecule has 0 bridgehead atoms. The molecule has 0 radical (unpaired) electrons. The molecule has 0 amide bonds. The fourth-order valence-corrected chi connectivity index (χ4v) is 2.86. The summed E-state index contributed by atoms with van der Waals surface area (Å²) in [7, 11) is 1.63. The zero-order valence-electron chi connectivity index (χ0n) is 14.2. The van der Waals surface area contributed by atoms with E-state index in [0.29, 0.717) is 24.8 Å². The van der Waals surface area contributed by atoms with E-state index in [4.69, 9.17) is 9.47 Å². The topological polar surface area (TPSA) is 59.0 Å². The van der Waals surface area contributed by atoms with Gasteiger partial charge in [0.05, 0.1) is 13.7 Å². The van der Waals surface area contributed by atoms with E-state index < -0.39 is 5.97 Å². The van der Waals surface area contributed by atoms with Gasteiger partial charge >= 0.3 is 5.97 Å². The molecule has 1 aromatic rings. The molecule has 1 saturated heterocycles. The van der Waals surface area contributed by atoms with Crippen molar-refractivity contribution in [1.29, 1.82) is 0 Å². The number of hydrogen-bond acceptors (Lipinski definition) is 4. The van der Waals surface area contributed by atoms with Gasteiger partial charge in [0, 0.05) is 6.54 Å². The molecule has 2 rings (SSSR count). The Morgan fingerprint density at radius 3 is 2.83 bits per heavy atom. The van der Waals surface area contributed by atoms with Gasteiger partial charge in [0.15, 0.2) is 11.5 Å². The van der Waals surface area contributed by atoms with Crippen LogP contribution in [0.25, 0.3) is 0 Å². The number of ether oxygens (including phenoxy) is 2. The van der Waals surface area contributed by atoms with E-state index in [-0.39, 0.29) is 6.04 Å². The Kier molecular flexibility index (Phi) is 6.28. The molecule has 1 unspecified atom stereocenters. The van der Waals surface area contributed by atoms with Gasteiger partial charge in [-0.2, -0.15) is 0 Å². The van der Waals surface area contributed by atoms with Crippen molar-refractivity contribution in [2.24, 2.45) is 5.92 Å². The lowest BCUT2D eigenvalue weighted by Crippen LogP contribution is -2.35. The Hall–Kier alpha value is -1.75. The minimum absolute atomic E-state index is 0.372. The predicted molar refractivity (Wildman–Crippen MR) is 89.0 cm³/mol. The summed E-state index contributed by atoms with van der Waals surface area (Å²) in [5.41, 5.74) is 1.05. The van der Waals surface area contributed by atoms with Crippen molar-refractivity contribution in [3.05, 3.63) is 23.8 Å². The number of benzene rings is 1. The van der Waals surface area contributed by atoms with Crippen LogP contribution in [0.3, 0.4) is 0 Å². The normalized spacial score (nSPS) is 18.3. The maximum absolute atomic E-state index is 11.3. The van der Waals surface area contributed by atoms with Crippen LogP contribution in [0.1, 0.15) is 38.7 Å². The van der Waals surface area contributed by atoms with Crippen LogP contribution < -0.4 is 9.47 Å². The first-order valence-corrected chi connectivity index (χ1v) is 8.28. The lowest BCUT2D eigenvalue weighted by atomic mass is 10.1. The summed E-state index contributed by atoms with van der Waals surface area (Å²) in [6.07, 6.45) is 2.66. The molecule has 1 heterocycles.